The summed E-state index contributed by atoms with van der Waals surface area (Å²) in [7, 11) is 3.39. The average Bonchev–Trinajstić information content (AvgIpc) is 3.31. The number of ether oxygens (including phenoxy) is 2. The molecule has 2 fully saturated rings. The van der Waals surface area contributed by atoms with E-state index in [9.17, 15) is 0 Å². The van der Waals surface area contributed by atoms with Crippen molar-refractivity contribution < 1.29 is 9.47 Å². The van der Waals surface area contributed by atoms with Crippen LogP contribution in [0.25, 0.3) is 0 Å². The Kier molecular flexibility index (Phi) is 7.00. The highest BCUT2D eigenvalue weighted by atomic mass is 16.5. The first-order valence-corrected chi connectivity index (χ1v) is 11.9. The van der Waals surface area contributed by atoms with Gasteiger partial charge in [0.1, 0.15) is 17.5 Å². The van der Waals surface area contributed by atoms with E-state index in [1.165, 1.54) is 32.1 Å². The molecule has 0 spiro atoms. The number of hydrogen-bond acceptors (Lipinski definition) is 7. The number of tetrazole rings is 1. The quantitative estimate of drug-likeness (QED) is 0.678. The minimum Gasteiger partial charge on any atom is -0.497 e. The van der Waals surface area contributed by atoms with E-state index in [2.05, 4.69) is 52.2 Å². The first kappa shape index (κ1) is 23.0. The van der Waals surface area contributed by atoms with E-state index < -0.39 is 0 Å². The zero-order valence-electron chi connectivity index (χ0n) is 20.3. The molecule has 0 amide bonds. The van der Waals surface area contributed by atoms with Crippen LogP contribution in [-0.2, 0) is 5.54 Å². The van der Waals surface area contributed by atoms with Gasteiger partial charge in [-0.25, -0.2) is 4.68 Å². The van der Waals surface area contributed by atoms with Crippen molar-refractivity contribution >= 4 is 0 Å². The second kappa shape index (κ2) is 9.75. The topological polar surface area (TPSA) is 68.5 Å². The van der Waals surface area contributed by atoms with Crippen LogP contribution in [0.4, 0.5) is 0 Å². The zero-order chi connectivity index (χ0) is 22.7. The molecule has 2 heterocycles. The monoisotopic (exact) mass is 442 g/mol. The number of nitrogens with zero attached hydrogens (tertiary/aromatic N) is 6. The number of methoxy groups -OCH3 is 2. The van der Waals surface area contributed by atoms with Gasteiger partial charge in [0.15, 0.2) is 5.82 Å². The molecular formula is C24H38N6O2. The van der Waals surface area contributed by atoms with Gasteiger partial charge in [0.05, 0.1) is 19.8 Å². The van der Waals surface area contributed by atoms with Crippen molar-refractivity contribution in [3.8, 4) is 11.5 Å². The largest absolute Gasteiger partial charge is 0.497 e. The second-order valence-electron chi connectivity index (χ2n) is 9.99. The molecule has 32 heavy (non-hydrogen) atoms. The Morgan fingerprint density at radius 3 is 2.31 bits per heavy atom. The van der Waals surface area contributed by atoms with Gasteiger partial charge in [-0.1, -0.05) is 19.3 Å². The van der Waals surface area contributed by atoms with Crippen LogP contribution in [0.2, 0.25) is 0 Å². The van der Waals surface area contributed by atoms with Crippen molar-refractivity contribution in [1.29, 1.82) is 0 Å². The molecule has 8 nitrogen and oxygen atoms in total. The molecule has 2 aromatic rings. The van der Waals surface area contributed by atoms with Crippen LogP contribution >= 0.6 is 0 Å². The highest BCUT2D eigenvalue weighted by Crippen LogP contribution is 2.38. The number of rotatable bonds is 6. The van der Waals surface area contributed by atoms with Gasteiger partial charge >= 0.3 is 0 Å². The summed E-state index contributed by atoms with van der Waals surface area (Å²) in [6.45, 7) is 10.5. The molecule has 1 saturated heterocycles. The number of aromatic nitrogens is 4. The summed E-state index contributed by atoms with van der Waals surface area (Å²) >= 11 is 0. The predicted molar refractivity (Wildman–Crippen MR) is 124 cm³/mol. The Labute approximate surface area is 191 Å². The van der Waals surface area contributed by atoms with Crippen molar-refractivity contribution in [2.75, 3.05) is 40.4 Å². The van der Waals surface area contributed by atoms with Crippen LogP contribution in [0.1, 0.15) is 70.3 Å². The minimum absolute atomic E-state index is 0.0846. The average molecular weight is 443 g/mol. The zero-order valence-corrected chi connectivity index (χ0v) is 20.3. The smallest absolute Gasteiger partial charge is 0.173 e. The molecule has 2 aliphatic rings. The third kappa shape index (κ3) is 4.76. The first-order valence-electron chi connectivity index (χ1n) is 11.9. The molecule has 1 atom stereocenters. The molecule has 1 aliphatic heterocycles. The summed E-state index contributed by atoms with van der Waals surface area (Å²) in [5, 5.41) is 12.9. The number of piperazine rings is 1. The molecule has 1 unspecified atom stereocenters. The summed E-state index contributed by atoms with van der Waals surface area (Å²) in [6.07, 6.45) is 6.83. The van der Waals surface area contributed by atoms with Gasteiger partial charge in [0.2, 0.25) is 0 Å². The van der Waals surface area contributed by atoms with Crippen molar-refractivity contribution in [2.24, 2.45) is 0 Å². The van der Waals surface area contributed by atoms with E-state index in [4.69, 9.17) is 9.47 Å². The standard InChI is InChI=1S/C24H38N6O2/c1-24(2,3)30-23(25-26-27-30)22(20-12-11-19(31-4)17-21(20)32-5)29-15-13-28(14-16-29)18-9-7-6-8-10-18/h11-12,17-18,22H,6-10,13-16H2,1-5H3. The van der Waals surface area contributed by atoms with Gasteiger partial charge in [0.25, 0.3) is 0 Å². The minimum atomic E-state index is -0.222. The molecule has 1 aromatic heterocycles. The van der Waals surface area contributed by atoms with Crippen LogP contribution < -0.4 is 9.47 Å². The Morgan fingerprint density at radius 2 is 1.69 bits per heavy atom. The van der Waals surface area contributed by atoms with Gasteiger partial charge < -0.3 is 9.47 Å². The Hall–Kier alpha value is -2.19. The van der Waals surface area contributed by atoms with Crippen molar-refractivity contribution in [1.82, 2.24) is 30.0 Å². The maximum Gasteiger partial charge on any atom is 0.173 e. The van der Waals surface area contributed by atoms with Crippen molar-refractivity contribution in [3.63, 3.8) is 0 Å². The highest BCUT2D eigenvalue weighted by molar-refractivity contribution is 5.44. The summed E-state index contributed by atoms with van der Waals surface area (Å²) < 4.78 is 13.2. The second-order valence-corrected chi connectivity index (χ2v) is 9.99. The lowest BCUT2D eigenvalue weighted by atomic mass is 9.93. The summed E-state index contributed by atoms with van der Waals surface area (Å²) in [5.74, 6) is 2.43. The Morgan fingerprint density at radius 1 is 0.969 bits per heavy atom. The maximum atomic E-state index is 5.80. The molecule has 1 aliphatic carbocycles. The van der Waals surface area contributed by atoms with E-state index in [-0.39, 0.29) is 11.6 Å². The predicted octanol–water partition coefficient (Wildman–Crippen LogP) is 3.49. The normalized spacial score (nSPS) is 20.3. The van der Waals surface area contributed by atoms with Crippen LogP contribution in [0.5, 0.6) is 11.5 Å². The molecule has 0 radical (unpaired) electrons. The molecule has 4 rings (SSSR count). The molecule has 0 bridgehead atoms. The molecule has 8 heteroatoms. The lowest BCUT2D eigenvalue weighted by Crippen LogP contribution is -2.52. The number of hydrogen-bond donors (Lipinski definition) is 0. The lowest BCUT2D eigenvalue weighted by Gasteiger charge is -2.43. The molecule has 0 N–H and O–H groups in total. The SMILES string of the molecule is COc1ccc(C(c2nnnn2C(C)(C)C)N2CCN(C3CCCCC3)CC2)c(OC)c1. The van der Waals surface area contributed by atoms with E-state index in [1.54, 1.807) is 14.2 Å². The van der Waals surface area contributed by atoms with E-state index in [0.29, 0.717) is 0 Å². The molecule has 1 aromatic carbocycles. The first-order chi connectivity index (χ1) is 15.4. The number of benzene rings is 1. The van der Waals surface area contributed by atoms with E-state index in [0.717, 1.165) is 55.1 Å². The fourth-order valence-electron chi connectivity index (χ4n) is 5.19. The van der Waals surface area contributed by atoms with Gasteiger partial charge in [-0.15, -0.1) is 5.10 Å². The van der Waals surface area contributed by atoms with Gasteiger partial charge in [-0.05, 0) is 56.2 Å². The summed E-state index contributed by atoms with van der Waals surface area (Å²) in [4.78, 5) is 5.21. The van der Waals surface area contributed by atoms with E-state index in [1.807, 2.05) is 16.8 Å². The van der Waals surface area contributed by atoms with Gasteiger partial charge in [0, 0.05) is 43.9 Å². The molecule has 1 saturated carbocycles. The van der Waals surface area contributed by atoms with Gasteiger partial charge in [-0.3, -0.25) is 9.80 Å². The fourth-order valence-corrected chi connectivity index (χ4v) is 5.19. The maximum absolute atomic E-state index is 5.80. The molecular weight excluding hydrogens is 404 g/mol. The summed E-state index contributed by atoms with van der Waals surface area (Å²) in [6, 6.07) is 6.70. The fraction of sp³-hybridized carbons (Fsp3) is 0.708. The third-order valence-corrected chi connectivity index (χ3v) is 6.91. The van der Waals surface area contributed by atoms with Crippen molar-refractivity contribution in [3.05, 3.63) is 29.6 Å². The van der Waals surface area contributed by atoms with Crippen molar-refractivity contribution in [2.45, 2.75) is 70.5 Å². The molecule has 176 valence electrons. The van der Waals surface area contributed by atoms with Crippen LogP contribution in [0.3, 0.4) is 0 Å². The highest BCUT2D eigenvalue weighted by Gasteiger charge is 2.36. The third-order valence-electron chi connectivity index (χ3n) is 6.91. The Bertz CT molecular complexity index is 879. The lowest BCUT2D eigenvalue weighted by molar-refractivity contribution is 0.0603. The van der Waals surface area contributed by atoms with Gasteiger partial charge in [-0.2, -0.15) is 0 Å². The van der Waals surface area contributed by atoms with E-state index >= 15 is 0 Å². The van der Waals surface area contributed by atoms with Crippen LogP contribution in [0.15, 0.2) is 18.2 Å². The van der Waals surface area contributed by atoms with Crippen LogP contribution in [0, 0.1) is 0 Å². The summed E-state index contributed by atoms with van der Waals surface area (Å²) in [5.41, 5.74) is 0.848. The Balaban J connectivity index is 1.66. The van der Waals surface area contributed by atoms with Crippen LogP contribution in [-0.4, -0.2) is 76.4 Å².